The second-order valence-electron chi connectivity index (χ2n) is 4.02. The van der Waals surface area contributed by atoms with Gasteiger partial charge in [-0.15, -0.1) is 6.58 Å². The fourth-order valence-corrected chi connectivity index (χ4v) is 1.41. The standard InChI is InChI=1S/C12H17N3O2/c1-4-5-15(7-12(16)17)11-6-10(9(2)3)13-8-14-11/h4,6,8-9H,1,5,7H2,2-3H3,(H,16,17). The normalized spacial score (nSPS) is 10.3. The van der Waals surface area contributed by atoms with Crippen molar-refractivity contribution in [3.05, 3.63) is 30.7 Å². The highest BCUT2D eigenvalue weighted by molar-refractivity contribution is 5.73. The minimum absolute atomic E-state index is 0.0967. The van der Waals surface area contributed by atoms with Crippen molar-refractivity contribution in [2.45, 2.75) is 19.8 Å². The van der Waals surface area contributed by atoms with E-state index >= 15 is 0 Å². The van der Waals surface area contributed by atoms with E-state index in [0.717, 1.165) is 5.69 Å². The molecule has 1 heterocycles. The molecular weight excluding hydrogens is 218 g/mol. The van der Waals surface area contributed by atoms with Gasteiger partial charge in [-0.3, -0.25) is 4.79 Å². The van der Waals surface area contributed by atoms with Gasteiger partial charge in [0.05, 0.1) is 0 Å². The van der Waals surface area contributed by atoms with Crippen LogP contribution >= 0.6 is 0 Å². The van der Waals surface area contributed by atoms with Crippen LogP contribution in [0.3, 0.4) is 0 Å². The van der Waals surface area contributed by atoms with E-state index in [-0.39, 0.29) is 12.5 Å². The summed E-state index contributed by atoms with van der Waals surface area (Å²) in [6.45, 7) is 8.02. The van der Waals surface area contributed by atoms with E-state index in [1.807, 2.05) is 19.9 Å². The molecule has 0 aromatic carbocycles. The summed E-state index contributed by atoms with van der Waals surface area (Å²) in [5, 5.41) is 8.83. The molecule has 0 spiro atoms. The maximum absolute atomic E-state index is 10.8. The maximum atomic E-state index is 10.8. The van der Waals surface area contributed by atoms with Crippen LogP contribution in [0.1, 0.15) is 25.5 Å². The molecular formula is C12H17N3O2. The zero-order valence-electron chi connectivity index (χ0n) is 10.1. The molecule has 92 valence electrons. The van der Waals surface area contributed by atoms with Gasteiger partial charge in [-0.2, -0.15) is 0 Å². The number of anilines is 1. The van der Waals surface area contributed by atoms with Crippen molar-refractivity contribution < 1.29 is 9.90 Å². The Morgan fingerprint density at radius 1 is 1.59 bits per heavy atom. The Morgan fingerprint density at radius 3 is 2.82 bits per heavy atom. The van der Waals surface area contributed by atoms with Crippen molar-refractivity contribution in [3.63, 3.8) is 0 Å². The van der Waals surface area contributed by atoms with Gasteiger partial charge in [-0.25, -0.2) is 9.97 Å². The van der Waals surface area contributed by atoms with Crippen LogP contribution < -0.4 is 4.90 Å². The van der Waals surface area contributed by atoms with Crippen molar-refractivity contribution in [2.75, 3.05) is 18.0 Å². The highest BCUT2D eigenvalue weighted by atomic mass is 16.4. The zero-order chi connectivity index (χ0) is 12.8. The van der Waals surface area contributed by atoms with Gasteiger partial charge in [0.1, 0.15) is 18.7 Å². The number of hydrogen-bond acceptors (Lipinski definition) is 4. The quantitative estimate of drug-likeness (QED) is 0.760. The Bertz CT molecular complexity index is 404. The van der Waals surface area contributed by atoms with Gasteiger partial charge in [-0.05, 0) is 5.92 Å². The van der Waals surface area contributed by atoms with Gasteiger partial charge in [0.25, 0.3) is 0 Å². The third-order valence-corrected chi connectivity index (χ3v) is 2.26. The van der Waals surface area contributed by atoms with E-state index in [9.17, 15) is 4.79 Å². The molecule has 0 radical (unpaired) electrons. The summed E-state index contributed by atoms with van der Waals surface area (Å²) in [5.41, 5.74) is 0.898. The number of aliphatic carboxylic acids is 1. The van der Waals surface area contributed by atoms with Crippen LogP contribution in [0.4, 0.5) is 5.82 Å². The molecule has 0 atom stereocenters. The summed E-state index contributed by atoms with van der Waals surface area (Å²) >= 11 is 0. The minimum Gasteiger partial charge on any atom is -0.480 e. The number of rotatable bonds is 6. The zero-order valence-corrected chi connectivity index (χ0v) is 10.1. The van der Waals surface area contributed by atoms with E-state index in [2.05, 4.69) is 16.5 Å². The molecule has 0 aliphatic rings. The topological polar surface area (TPSA) is 66.3 Å². The largest absolute Gasteiger partial charge is 0.480 e. The molecule has 1 N–H and O–H groups in total. The monoisotopic (exact) mass is 235 g/mol. The Labute approximate surface area is 101 Å². The number of carbonyl (C=O) groups is 1. The van der Waals surface area contributed by atoms with Crippen molar-refractivity contribution >= 4 is 11.8 Å². The van der Waals surface area contributed by atoms with Gasteiger partial charge in [0.2, 0.25) is 0 Å². The van der Waals surface area contributed by atoms with Crippen LogP contribution in [0.2, 0.25) is 0 Å². The fraction of sp³-hybridized carbons (Fsp3) is 0.417. The molecule has 0 fully saturated rings. The average Bonchev–Trinajstić information content (AvgIpc) is 2.28. The summed E-state index contributed by atoms with van der Waals surface area (Å²) in [4.78, 5) is 20.6. The summed E-state index contributed by atoms with van der Waals surface area (Å²) in [6.07, 6.45) is 3.11. The van der Waals surface area contributed by atoms with Crippen LogP contribution in [0, 0.1) is 0 Å². The maximum Gasteiger partial charge on any atom is 0.323 e. The van der Waals surface area contributed by atoms with Gasteiger partial charge in [0, 0.05) is 18.3 Å². The predicted molar refractivity (Wildman–Crippen MR) is 66.2 cm³/mol. The van der Waals surface area contributed by atoms with Crippen LogP contribution in [0.5, 0.6) is 0 Å². The van der Waals surface area contributed by atoms with Crippen molar-refractivity contribution in [2.24, 2.45) is 0 Å². The Hall–Kier alpha value is -1.91. The third-order valence-electron chi connectivity index (χ3n) is 2.26. The highest BCUT2D eigenvalue weighted by Crippen LogP contribution is 2.16. The molecule has 0 unspecified atom stereocenters. The molecule has 5 nitrogen and oxygen atoms in total. The molecule has 0 bridgehead atoms. The molecule has 1 aromatic rings. The fourth-order valence-electron chi connectivity index (χ4n) is 1.41. The summed E-state index contributed by atoms with van der Waals surface area (Å²) in [7, 11) is 0. The van der Waals surface area contributed by atoms with Crippen LogP contribution in [-0.2, 0) is 4.79 Å². The third kappa shape index (κ3) is 3.86. The first-order valence-corrected chi connectivity index (χ1v) is 5.44. The van der Waals surface area contributed by atoms with Crippen LogP contribution in [-0.4, -0.2) is 34.1 Å². The summed E-state index contributed by atoms with van der Waals surface area (Å²) in [5.74, 6) is 0.00900. The molecule has 1 rings (SSSR count). The second-order valence-corrected chi connectivity index (χ2v) is 4.02. The molecule has 0 aliphatic carbocycles. The number of aromatic nitrogens is 2. The van der Waals surface area contributed by atoms with Gasteiger partial charge < -0.3 is 10.0 Å². The van der Waals surface area contributed by atoms with Crippen LogP contribution in [0.15, 0.2) is 25.0 Å². The molecule has 0 amide bonds. The Morgan fingerprint density at radius 2 is 2.29 bits per heavy atom. The van der Waals surface area contributed by atoms with Crippen molar-refractivity contribution in [1.82, 2.24) is 9.97 Å². The smallest absolute Gasteiger partial charge is 0.323 e. The summed E-state index contributed by atoms with van der Waals surface area (Å²) in [6, 6.07) is 1.82. The van der Waals surface area contributed by atoms with Crippen LogP contribution in [0.25, 0.3) is 0 Å². The number of hydrogen-bond donors (Lipinski definition) is 1. The SMILES string of the molecule is C=CCN(CC(=O)O)c1cc(C(C)C)ncn1. The lowest BCUT2D eigenvalue weighted by Crippen LogP contribution is -2.30. The molecule has 5 heteroatoms. The lowest BCUT2D eigenvalue weighted by molar-refractivity contribution is -0.135. The number of carboxylic acids is 1. The second kappa shape index (κ2) is 5.98. The number of nitrogens with zero attached hydrogens (tertiary/aromatic N) is 3. The molecule has 17 heavy (non-hydrogen) atoms. The Balaban J connectivity index is 2.96. The first-order chi connectivity index (χ1) is 8.04. The van der Waals surface area contributed by atoms with E-state index < -0.39 is 5.97 Å². The first kappa shape index (κ1) is 13.2. The highest BCUT2D eigenvalue weighted by Gasteiger charge is 2.12. The van der Waals surface area contributed by atoms with E-state index in [1.54, 1.807) is 11.0 Å². The molecule has 0 saturated carbocycles. The average molecular weight is 235 g/mol. The molecule has 1 aromatic heterocycles. The number of carboxylic acid groups (broad SMARTS) is 1. The Kier molecular flexibility index (Phi) is 4.63. The van der Waals surface area contributed by atoms with Crippen molar-refractivity contribution in [3.8, 4) is 0 Å². The first-order valence-electron chi connectivity index (χ1n) is 5.44. The molecule has 0 saturated heterocycles. The summed E-state index contributed by atoms with van der Waals surface area (Å²) < 4.78 is 0. The van der Waals surface area contributed by atoms with Gasteiger partial charge in [-0.1, -0.05) is 19.9 Å². The van der Waals surface area contributed by atoms with E-state index in [4.69, 9.17) is 5.11 Å². The lowest BCUT2D eigenvalue weighted by atomic mass is 10.1. The van der Waals surface area contributed by atoms with Gasteiger partial charge in [0.15, 0.2) is 0 Å². The van der Waals surface area contributed by atoms with Crippen molar-refractivity contribution in [1.29, 1.82) is 0 Å². The lowest BCUT2D eigenvalue weighted by Gasteiger charge is -2.20. The predicted octanol–water partition coefficient (Wildman–Crippen LogP) is 1.68. The minimum atomic E-state index is -0.892. The molecule has 0 aliphatic heterocycles. The van der Waals surface area contributed by atoms with Gasteiger partial charge >= 0.3 is 5.97 Å². The van der Waals surface area contributed by atoms with E-state index in [0.29, 0.717) is 12.4 Å². The van der Waals surface area contributed by atoms with E-state index in [1.165, 1.54) is 6.33 Å².